The Bertz CT molecular complexity index is 1070. The van der Waals surface area contributed by atoms with Crippen LogP contribution in [0.2, 0.25) is 5.02 Å². The van der Waals surface area contributed by atoms with Crippen molar-refractivity contribution in [3.05, 3.63) is 65.1 Å². The summed E-state index contributed by atoms with van der Waals surface area (Å²) in [5.41, 5.74) is 2.04. The molecule has 3 aromatic rings. The average molecular weight is 486 g/mol. The fourth-order valence-electron chi connectivity index (χ4n) is 4.96. The van der Waals surface area contributed by atoms with Gasteiger partial charge in [-0.1, -0.05) is 17.7 Å². The Morgan fingerprint density at radius 2 is 2.03 bits per heavy atom. The Morgan fingerprint density at radius 3 is 2.74 bits per heavy atom. The highest BCUT2D eigenvalue weighted by molar-refractivity contribution is 6.32. The molecule has 1 aliphatic heterocycles. The highest BCUT2D eigenvalue weighted by Gasteiger charge is 2.35. The van der Waals surface area contributed by atoms with Crippen molar-refractivity contribution in [2.45, 2.75) is 44.7 Å². The maximum absolute atomic E-state index is 15.6. The molecule has 0 radical (unpaired) electrons. The molecule has 0 bridgehead atoms. The number of rotatable bonds is 10. The highest BCUT2D eigenvalue weighted by Crippen LogP contribution is 2.41. The van der Waals surface area contributed by atoms with E-state index in [2.05, 4.69) is 20.9 Å². The van der Waals surface area contributed by atoms with Crippen LogP contribution < -0.4 is 4.74 Å². The van der Waals surface area contributed by atoms with Crippen molar-refractivity contribution in [1.82, 2.24) is 14.9 Å². The third kappa shape index (κ3) is 5.85. The Morgan fingerprint density at radius 1 is 1.21 bits per heavy atom. The molecule has 34 heavy (non-hydrogen) atoms. The zero-order valence-electron chi connectivity index (χ0n) is 19.7. The summed E-state index contributed by atoms with van der Waals surface area (Å²) in [7, 11) is 1.58. The van der Waals surface area contributed by atoms with E-state index in [4.69, 9.17) is 16.3 Å². The first-order valence-electron chi connectivity index (χ1n) is 12.0. The van der Waals surface area contributed by atoms with Crippen molar-refractivity contribution in [1.29, 1.82) is 0 Å². The predicted octanol–water partition coefficient (Wildman–Crippen LogP) is 5.79. The SMILES string of the molecule is COc1ccc2ncc(Cl)c(C(F)CCC3(CO)CCN(CCCc4ccccn4)CC3)c2c1. The number of hydrogen-bond donors (Lipinski definition) is 1. The van der Waals surface area contributed by atoms with Crippen LogP contribution in [0.15, 0.2) is 48.8 Å². The van der Waals surface area contributed by atoms with Gasteiger partial charge in [-0.05, 0) is 93.9 Å². The number of alkyl halides is 1. The van der Waals surface area contributed by atoms with Crippen molar-refractivity contribution < 1.29 is 14.2 Å². The van der Waals surface area contributed by atoms with E-state index in [0.29, 0.717) is 40.1 Å². The van der Waals surface area contributed by atoms with Crippen LogP contribution >= 0.6 is 11.6 Å². The summed E-state index contributed by atoms with van der Waals surface area (Å²) in [5.74, 6) is 0.646. The normalized spacial score (nSPS) is 17.1. The number of aliphatic hydroxyl groups is 1. The lowest BCUT2D eigenvalue weighted by Crippen LogP contribution is -2.42. The second-order valence-corrected chi connectivity index (χ2v) is 9.74. The Labute approximate surface area is 205 Å². The van der Waals surface area contributed by atoms with Crippen LogP contribution in [0.3, 0.4) is 0 Å². The number of piperidine rings is 1. The summed E-state index contributed by atoms with van der Waals surface area (Å²) in [4.78, 5) is 11.2. The lowest BCUT2D eigenvalue weighted by Gasteiger charge is -2.41. The summed E-state index contributed by atoms with van der Waals surface area (Å²) < 4.78 is 20.9. The molecule has 1 N–H and O–H groups in total. The largest absolute Gasteiger partial charge is 0.497 e. The Balaban J connectivity index is 1.34. The van der Waals surface area contributed by atoms with Crippen molar-refractivity contribution in [2.24, 2.45) is 5.41 Å². The van der Waals surface area contributed by atoms with Crippen LogP contribution in [-0.4, -0.2) is 53.3 Å². The Kier molecular flexibility index (Phi) is 8.35. The number of likely N-dealkylation sites (tertiary alicyclic amines) is 1. The molecule has 1 saturated heterocycles. The number of benzene rings is 1. The highest BCUT2D eigenvalue weighted by atomic mass is 35.5. The first-order valence-corrected chi connectivity index (χ1v) is 12.4. The molecule has 5 nitrogen and oxygen atoms in total. The predicted molar refractivity (Wildman–Crippen MR) is 134 cm³/mol. The number of pyridine rings is 2. The topological polar surface area (TPSA) is 58.5 Å². The van der Waals surface area contributed by atoms with Gasteiger partial charge in [0.05, 0.1) is 17.6 Å². The molecule has 1 unspecified atom stereocenters. The summed E-state index contributed by atoms with van der Waals surface area (Å²) in [5, 5.41) is 11.2. The second kappa shape index (κ2) is 11.4. The summed E-state index contributed by atoms with van der Waals surface area (Å²) in [6.45, 7) is 2.95. The van der Waals surface area contributed by atoms with Gasteiger partial charge in [-0.25, -0.2) is 4.39 Å². The van der Waals surface area contributed by atoms with Gasteiger partial charge in [0.1, 0.15) is 11.9 Å². The summed E-state index contributed by atoms with van der Waals surface area (Å²) >= 11 is 6.39. The molecule has 7 heteroatoms. The van der Waals surface area contributed by atoms with Crippen LogP contribution in [0.5, 0.6) is 5.75 Å². The molecular formula is C27H33ClFN3O2. The van der Waals surface area contributed by atoms with E-state index in [-0.39, 0.29) is 12.0 Å². The number of aliphatic hydroxyl groups excluding tert-OH is 1. The molecule has 3 heterocycles. The van der Waals surface area contributed by atoms with Crippen molar-refractivity contribution >= 4 is 22.5 Å². The van der Waals surface area contributed by atoms with Crippen LogP contribution in [0, 0.1) is 5.41 Å². The number of fused-ring (bicyclic) bond motifs is 1. The maximum atomic E-state index is 15.6. The molecule has 4 rings (SSSR count). The maximum Gasteiger partial charge on any atom is 0.127 e. The van der Waals surface area contributed by atoms with Gasteiger partial charge in [0.15, 0.2) is 0 Å². The fourth-order valence-corrected chi connectivity index (χ4v) is 5.23. The van der Waals surface area contributed by atoms with Gasteiger partial charge < -0.3 is 14.7 Å². The zero-order chi connectivity index (χ0) is 24.0. The van der Waals surface area contributed by atoms with Gasteiger partial charge in [-0.3, -0.25) is 9.97 Å². The standard InChI is InChI=1S/C27H33ClFN3O2/c1-34-21-7-8-25-22(17-21)26(23(28)18-31-25)24(29)9-10-27(19-33)11-15-32(16-12-27)14-4-6-20-5-2-3-13-30-20/h2-3,5,7-8,13,17-18,24,33H,4,6,9-12,14-16,19H2,1H3. The summed E-state index contributed by atoms with van der Waals surface area (Å²) in [6.07, 6.45) is 6.84. The molecule has 1 atom stereocenters. The first-order chi connectivity index (χ1) is 16.5. The monoisotopic (exact) mass is 485 g/mol. The lowest BCUT2D eigenvalue weighted by molar-refractivity contribution is 0.0300. The molecule has 0 spiro atoms. The van der Waals surface area contributed by atoms with E-state index < -0.39 is 6.17 Å². The molecule has 1 aromatic carbocycles. The average Bonchev–Trinajstić information content (AvgIpc) is 2.88. The number of nitrogens with zero attached hydrogens (tertiary/aromatic N) is 3. The number of aromatic nitrogens is 2. The number of ether oxygens (including phenoxy) is 1. The quantitative estimate of drug-likeness (QED) is 0.394. The van der Waals surface area contributed by atoms with E-state index in [1.54, 1.807) is 13.2 Å². The molecule has 1 fully saturated rings. The molecule has 2 aromatic heterocycles. The summed E-state index contributed by atoms with van der Waals surface area (Å²) in [6, 6.07) is 11.4. The van der Waals surface area contributed by atoms with E-state index in [1.165, 1.54) is 6.20 Å². The minimum absolute atomic E-state index is 0.0835. The molecule has 1 aliphatic rings. The first kappa shape index (κ1) is 24.8. The third-order valence-electron chi connectivity index (χ3n) is 7.20. The van der Waals surface area contributed by atoms with Gasteiger partial charge in [0.25, 0.3) is 0 Å². The smallest absolute Gasteiger partial charge is 0.127 e. The second-order valence-electron chi connectivity index (χ2n) is 9.33. The van der Waals surface area contributed by atoms with Gasteiger partial charge in [0.2, 0.25) is 0 Å². The molecule has 0 saturated carbocycles. The fraction of sp³-hybridized carbons (Fsp3) is 0.481. The van der Waals surface area contributed by atoms with E-state index in [0.717, 1.165) is 51.0 Å². The minimum Gasteiger partial charge on any atom is -0.497 e. The van der Waals surface area contributed by atoms with Crippen molar-refractivity contribution in [3.8, 4) is 5.75 Å². The molecular weight excluding hydrogens is 453 g/mol. The van der Waals surface area contributed by atoms with Crippen LogP contribution in [-0.2, 0) is 6.42 Å². The van der Waals surface area contributed by atoms with Crippen LogP contribution in [0.1, 0.15) is 49.5 Å². The minimum atomic E-state index is -1.23. The third-order valence-corrected chi connectivity index (χ3v) is 7.50. The van der Waals surface area contributed by atoms with E-state index >= 15 is 4.39 Å². The van der Waals surface area contributed by atoms with Gasteiger partial charge >= 0.3 is 0 Å². The van der Waals surface area contributed by atoms with Crippen LogP contribution in [0.4, 0.5) is 4.39 Å². The van der Waals surface area contributed by atoms with Gasteiger partial charge in [-0.2, -0.15) is 0 Å². The number of methoxy groups -OCH3 is 1. The molecule has 0 amide bonds. The van der Waals surface area contributed by atoms with E-state index in [9.17, 15) is 5.11 Å². The van der Waals surface area contributed by atoms with Gasteiger partial charge in [0, 0.05) is 35.6 Å². The molecule has 0 aliphatic carbocycles. The van der Waals surface area contributed by atoms with Crippen LogP contribution in [0.25, 0.3) is 10.9 Å². The Hall–Kier alpha value is -2.28. The van der Waals surface area contributed by atoms with Crippen molar-refractivity contribution in [3.63, 3.8) is 0 Å². The molecule has 182 valence electrons. The lowest BCUT2D eigenvalue weighted by atomic mass is 9.74. The van der Waals surface area contributed by atoms with E-state index in [1.807, 2.05) is 30.5 Å². The number of aryl methyl sites for hydroxylation is 1. The zero-order valence-corrected chi connectivity index (χ0v) is 20.5. The van der Waals surface area contributed by atoms with Gasteiger partial charge in [-0.15, -0.1) is 0 Å². The number of halogens is 2. The van der Waals surface area contributed by atoms with Crippen molar-refractivity contribution in [2.75, 3.05) is 33.4 Å². The number of hydrogen-bond acceptors (Lipinski definition) is 5.